The van der Waals surface area contributed by atoms with Gasteiger partial charge < -0.3 is 0 Å². The maximum Gasteiger partial charge on any atom is 0.146 e. The molecule has 4 rings (SSSR count). The molecule has 0 radical (unpaired) electrons. The Bertz CT molecular complexity index is 1300. The second-order valence-corrected chi connectivity index (χ2v) is 9.02. The number of fused-ring (bicyclic) bond motifs is 5. The molecule has 2 aromatic heterocycles. The molecular formula is C26H32F2N4O. The Morgan fingerprint density at radius 3 is 1.67 bits per heavy atom. The Hall–Kier alpha value is -2.70. The molecule has 5 nitrogen and oxygen atoms in total. The molecule has 0 fully saturated rings. The molecule has 0 aliphatic heterocycles. The van der Waals surface area contributed by atoms with Gasteiger partial charge in [-0.3, -0.25) is 0 Å². The van der Waals surface area contributed by atoms with Crippen molar-refractivity contribution < 1.29 is 13.4 Å². The minimum Gasteiger partial charge on any atom is -0.249 e. The number of hydrogen-bond acceptors (Lipinski definition) is 5. The minimum atomic E-state index is -0.543. The number of rotatable bonds is 10. The fraction of sp³-hybridized carbons (Fsp3) is 0.538. The van der Waals surface area contributed by atoms with Crippen molar-refractivity contribution in [1.82, 2.24) is 20.3 Å². The lowest BCUT2D eigenvalue weighted by Gasteiger charge is -2.15. The van der Waals surface area contributed by atoms with Crippen LogP contribution in [-0.4, -0.2) is 20.3 Å². The van der Waals surface area contributed by atoms with E-state index in [4.69, 9.17) is 14.6 Å². The zero-order valence-electron chi connectivity index (χ0n) is 20.0. The first-order valence-electron chi connectivity index (χ1n) is 12.2. The summed E-state index contributed by atoms with van der Waals surface area (Å²) in [5.41, 5.74) is 3.73. The number of halogens is 2. The predicted octanol–water partition coefficient (Wildman–Crippen LogP) is 7.46. The molecular weight excluding hydrogens is 422 g/mol. The summed E-state index contributed by atoms with van der Waals surface area (Å²) < 4.78 is 36.0. The first kappa shape index (κ1) is 23.5. The molecule has 0 atom stereocenters. The Morgan fingerprint density at radius 1 is 0.606 bits per heavy atom. The van der Waals surface area contributed by atoms with E-state index < -0.39 is 11.6 Å². The van der Waals surface area contributed by atoms with Crippen LogP contribution < -0.4 is 0 Å². The highest BCUT2D eigenvalue weighted by molar-refractivity contribution is 6.15. The van der Waals surface area contributed by atoms with E-state index in [1.807, 2.05) is 0 Å². The third-order valence-electron chi connectivity index (χ3n) is 6.61. The normalized spacial score (nSPS) is 11.9. The van der Waals surface area contributed by atoms with Crippen molar-refractivity contribution in [3.8, 4) is 0 Å². The van der Waals surface area contributed by atoms with Gasteiger partial charge in [0.25, 0.3) is 0 Å². The molecule has 0 aliphatic rings. The summed E-state index contributed by atoms with van der Waals surface area (Å²) in [6.45, 7) is 7.64. The molecule has 2 aromatic carbocycles. The van der Waals surface area contributed by atoms with Gasteiger partial charge in [0.15, 0.2) is 0 Å². The van der Waals surface area contributed by atoms with Crippen molar-refractivity contribution in [1.29, 1.82) is 0 Å². The molecule has 2 heterocycles. The molecule has 0 saturated heterocycles. The highest BCUT2D eigenvalue weighted by Crippen LogP contribution is 2.37. The third-order valence-corrected chi connectivity index (χ3v) is 6.61. The molecule has 0 spiro atoms. The molecule has 33 heavy (non-hydrogen) atoms. The van der Waals surface area contributed by atoms with E-state index in [9.17, 15) is 0 Å². The van der Waals surface area contributed by atoms with Crippen molar-refractivity contribution in [3.05, 3.63) is 34.1 Å². The first-order chi connectivity index (χ1) is 16.0. The number of aryl methyl sites for hydroxylation is 4. The van der Waals surface area contributed by atoms with Gasteiger partial charge in [0, 0.05) is 11.1 Å². The van der Waals surface area contributed by atoms with Crippen molar-refractivity contribution in [2.24, 2.45) is 0 Å². The van der Waals surface area contributed by atoms with Gasteiger partial charge in [-0.1, -0.05) is 52.4 Å². The summed E-state index contributed by atoms with van der Waals surface area (Å²) in [4.78, 5) is 9.84. The predicted molar refractivity (Wildman–Crippen MR) is 127 cm³/mol. The lowest BCUT2D eigenvalue weighted by molar-refractivity contribution is 0.315. The molecule has 4 aromatic rings. The summed E-state index contributed by atoms with van der Waals surface area (Å²) in [7, 11) is 0. The fourth-order valence-electron chi connectivity index (χ4n) is 4.63. The van der Waals surface area contributed by atoms with Crippen LogP contribution in [0.1, 0.15) is 87.7 Å². The van der Waals surface area contributed by atoms with Gasteiger partial charge in [-0.05, 0) is 49.8 Å². The molecule has 0 N–H and O–H groups in total. The third kappa shape index (κ3) is 4.30. The number of nitrogens with zero attached hydrogens (tertiary/aromatic N) is 4. The zero-order chi connectivity index (χ0) is 23.5. The summed E-state index contributed by atoms with van der Waals surface area (Å²) in [6, 6.07) is 0. The van der Waals surface area contributed by atoms with Gasteiger partial charge in [0.1, 0.15) is 28.2 Å². The number of hydrogen-bond donors (Lipinski definition) is 0. The van der Waals surface area contributed by atoms with E-state index in [2.05, 4.69) is 24.2 Å². The topological polar surface area (TPSA) is 64.7 Å². The standard InChI is InChI=1S/C26H32F2N4O/c1-5-7-9-11-13-17-18(14-12-10-8-6-2)30-25-19-20(21(27)15(3)23(25)29-17)26-24(31-33-32-26)16(4)22(19)28/h5-14H2,1-4H3. The van der Waals surface area contributed by atoms with Crippen LogP contribution in [0.3, 0.4) is 0 Å². The van der Waals surface area contributed by atoms with Gasteiger partial charge >= 0.3 is 0 Å². The number of aromatic nitrogens is 4. The quantitative estimate of drug-likeness (QED) is 0.184. The van der Waals surface area contributed by atoms with E-state index in [0.29, 0.717) is 16.6 Å². The van der Waals surface area contributed by atoms with Crippen LogP contribution in [0.25, 0.3) is 32.8 Å². The summed E-state index contributed by atoms with van der Waals surface area (Å²) in [5, 5.41) is 7.86. The van der Waals surface area contributed by atoms with Gasteiger partial charge in [0.05, 0.1) is 27.7 Å². The van der Waals surface area contributed by atoms with Crippen LogP contribution in [-0.2, 0) is 12.8 Å². The smallest absolute Gasteiger partial charge is 0.146 e. The second-order valence-electron chi connectivity index (χ2n) is 9.02. The van der Waals surface area contributed by atoms with Gasteiger partial charge in [0.2, 0.25) is 0 Å². The van der Waals surface area contributed by atoms with Crippen molar-refractivity contribution in [2.75, 3.05) is 0 Å². The first-order valence-corrected chi connectivity index (χ1v) is 12.2. The number of unbranched alkanes of at least 4 members (excludes halogenated alkanes) is 6. The maximum absolute atomic E-state index is 15.6. The van der Waals surface area contributed by atoms with Crippen LogP contribution in [0.2, 0.25) is 0 Å². The molecule has 0 bridgehead atoms. The maximum atomic E-state index is 15.6. The molecule has 176 valence electrons. The Balaban J connectivity index is 1.94. The number of benzene rings is 2. The molecule has 0 saturated carbocycles. The van der Waals surface area contributed by atoms with Crippen LogP contribution in [0, 0.1) is 25.5 Å². The Kier molecular flexibility index (Phi) is 7.15. The monoisotopic (exact) mass is 454 g/mol. The van der Waals surface area contributed by atoms with Crippen LogP contribution >= 0.6 is 0 Å². The van der Waals surface area contributed by atoms with Gasteiger partial charge in [-0.2, -0.15) is 0 Å². The van der Waals surface area contributed by atoms with Crippen LogP contribution in [0.15, 0.2) is 4.63 Å². The van der Waals surface area contributed by atoms with Crippen LogP contribution in [0.5, 0.6) is 0 Å². The van der Waals surface area contributed by atoms with Crippen molar-refractivity contribution in [3.63, 3.8) is 0 Å². The second kappa shape index (κ2) is 10.1. The average Bonchev–Trinajstić information content (AvgIpc) is 3.30. The van der Waals surface area contributed by atoms with Gasteiger partial charge in [-0.15, -0.1) is 0 Å². The van der Waals surface area contributed by atoms with Gasteiger partial charge in [-0.25, -0.2) is 23.4 Å². The van der Waals surface area contributed by atoms with E-state index in [1.165, 1.54) is 12.8 Å². The van der Waals surface area contributed by atoms with E-state index in [-0.39, 0.29) is 27.4 Å². The van der Waals surface area contributed by atoms with E-state index in [1.54, 1.807) is 13.8 Å². The van der Waals surface area contributed by atoms with E-state index in [0.717, 1.165) is 62.8 Å². The Morgan fingerprint density at radius 2 is 1.09 bits per heavy atom. The van der Waals surface area contributed by atoms with Crippen LogP contribution in [0.4, 0.5) is 8.78 Å². The average molecular weight is 455 g/mol. The van der Waals surface area contributed by atoms with Crippen molar-refractivity contribution >= 4 is 32.8 Å². The molecule has 7 heteroatoms. The largest absolute Gasteiger partial charge is 0.249 e. The SMILES string of the molecule is CCCCCCc1nc2c(C)c(F)c3c4nonc4c(C)c(F)c3c2nc1CCCCCC. The molecule has 0 aliphatic carbocycles. The molecule has 0 amide bonds. The fourth-order valence-corrected chi connectivity index (χ4v) is 4.63. The lowest BCUT2D eigenvalue weighted by Crippen LogP contribution is -2.07. The highest BCUT2D eigenvalue weighted by Gasteiger charge is 2.25. The summed E-state index contributed by atoms with van der Waals surface area (Å²) >= 11 is 0. The summed E-state index contributed by atoms with van der Waals surface area (Å²) in [5.74, 6) is -1.09. The highest BCUT2D eigenvalue weighted by atomic mass is 19.1. The summed E-state index contributed by atoms with van der Waals surface area (Å²) in [6.07, 6.45) is 10.5. The lowest BCUT2D eigenvalue weighted by atomic mass is 9.98. The zero-order valence-corrected chi connectivity index (χ0v) is 20.0. The van der Waals surface area contributed by atoms with Crippen molar-refractivity contribution in [2.45, 2.75) is 91.9 Å². The van der Waals surface area contributed by atoms with E-state index >= 15 is 8.78 Å². The Labute approximate surface area is 192 Å². The molecule has 0 unspecified atom stereocenters. The minimum absolute atomic E-state index is 0.0706.